The molecule has 3 aromatic rings. The highest BCUT2D eigenvalue weighted by atomic mass is 16.3. The van der Waals surface area contributed by atoms with E-state index < -0.39 is 0 Å². The third-order valence-corrected chi connectivity index (χ3v) is 3.59. The Bertz CT molecular complexity index is 745. The average molecular weight is 278 g/mol. The molecule has 2 aromatic carbocycles. The topological polar surface area (TPSA) is 38.0 Å². The summed E-state index contributed by atoms with van der Waals surface area (Å²) in [5, 5.41) is 10.2. The van der Waals surface area contributed by atoms with Crippen molar-refractivity contribution in [2.45, 2.75) is 19.8 Å². The summed E-state index contributed by atoms with van der Waals surface area (Å²) in [5.74, 6) is 1.50. The minimum Gasteiger partial charge on any atom is -0.508 e. The van der Waals surface area contributed by atoms with Crippen LogP contribution in [0, 0.1) is 0 Å². The van der Waals surface area contributed by atoms with Crippen molar-refractivity contribution in [2.75, 3.05) is 0 Å². The predicted molar refractivity (Wildman–Crippen MR) is 84.8 cm³/mol. The number of phenolic OH excluding ortho intramolecular Hbond substituents is 1. The average Bonchev–Trinajstić information content (AvgIpc) is 2.97. The van der Waals surface area contributed by atoms with Crippen molar-refractivity contribution in [1.82, 2.24) is 9.55 Å². The minimum absolute atomic E-state index is 0.301. The maximum atomic E-state index is 10.2. The lowest BCUT2D eigenvalue weighted by Crippen LogP contribution is -1.97. The molecule has 0 fully saturated rings. The van der Waals surface area contributed by atoms with Gasteiger partial charge in [0.15, 0.2) is 0 Å². The number of aromatic hydroxyl groups is 1. The van der Waals surface area contributed by atoms with E-state index in [2.05, 4.69) is 18.8 Å². The van der Waals surface area contributed by atoms with Crippen LogP contribution in [0.4, 0.5) is 0 Å². The molecule has 3 nitrogen and oxygen atoms in total. The lowest BCUT2D eigenvalue weighted by molar-refractivity contribution is 0.464. The molecule has 0 saturated carbocycles. The van der Waals surface area contributed by atoms with Crippen molar-refractivity contribution >= 4 is 0 Å². The molecule has 21 heavy (non-hydrogen) atoms. The fourth-order valence-corrected chi connectivity index (χ4v) is 2.48. The number of imidazole rings is 1. The Kier molecular flexibility index (Phi) is 3.48. The van der Waals surface area contributed by atoms with Gasteiger partial charge in [-0.2, -0.15) is 0 Å². The predicted octanol–water partition coefficient (Wildman–Crippen LogP) is 4.37. The minimum atomic E-state index is 0.301. The number of hydrogen-bond donors (Lipinski definition) is 1. The van der Waals surface area contributed by atoms with Crippen molar-refractivity contribution < 1.29 is 5.11 Å². The van der Waals surface area contributed by atoms with Gasteiger partial charge in [0.05, 0.1) is 5.69 Å². The lowest BCUT2D eigenvalue weighted by atomic mass is 10.0. The first-order valence-corrected chi connectivity index (χ1v) is 7.09. The molecule has 0 aliphatic heterocycles. The molecule has 0 atom stereocenters. The van der Waals surface area contributed by atoms with Crippen molar-refractivity contribution in [3.05, 3.63) is 66.5 Å². The maximum absolute atomic E-state index is 10.2. The van der Waals surface area contributed by atoms with Gasteiger partial charge in [0.1, 0.15) is 11.6 Å². The number of hydrogen-bond acceptors (Lipinski definition) is 2. The molecule has 0 spiro atoms. The normalized spacial score (nSPS) is 11.0. The SMILES string of the molecule is CC(C)c1ccc(-n2ccnc2-c2ccccc2)cc1O. The van der Waals surface area contributed by atoms with Crippen LogP contribution in [0.5, 0.6) is 5.75 Å². The van der Waals surface area contributed by atoms with E-state index in [1.807, 2.05) is 53.2 Å². The van der Waals surface area contributed by atoms with Gasteiger partial charge in [-0.25, -0.2) is 4.98 Å². The Hall–Kier alpha value is -2.55. The molecule has 0 unspecified atom stereocenters. The van der Waals surface area contributed by atoms with Gasteiger partial charge in [-0.15, -0.1) is 0 Å². The van der Waals surface area contributed by atoms with Crippen LogP contribution in [0.1, 0.15) is 25.3 Å². The zero-order chi connectivity index (χ0) is 14.8. The van der Waals surface area contributed by atoms with E-state index in [1.165, 1.54) is 0 Å². The first kappa shape index (κ1) is 13.4. The molecule has 1 N–H and O–H groups in total. The largest absolute Gasteiger partial charge is 0.508 e. The maximum Gasteiger partial charge on any atom is 0.144 e. The molecule has 0 aliphatic rings. The van der Waals surface area contributed by atoms with Gasteiger partial charge in [0.25, 0.3) is 0 Å². The van der Waals surface area contributed by atoms with Gasteiger partial charge in [0.2, 0.25) is 0 Å². The molecule has 106 valence electrons. The number of nitrogens with zero attached hydrogens (tertiary/aromatic N) is 2. The van der Waals surface area contributed by atoms with E-state index in [4.69, 9.17) is 0 Å². The standard InChI is InChI=1S/C18H18N2O/c1-13(2)16-9-8-15(12-17(16)21)20-11-10-19-18(20)14-6-4-3-5-7-14/h3-13,21H,1-2H3. The molecular formula is C18H18N2O. The van der Waals surface area contributed by atoms with Gasteiger partial charge >= 0.3 is 0 Å². The molecule has 1 aromatic heterocycles. The van der Waals surface area contributed by atoms with E-state index >= 15 is 0 Å². The summed E-state index contributed by atoms with van der Waals surface area (Å²) < 4.78 is 1.99. The summed E-state index contributed by atoms with van der Waals surface area (Å²) in [5.41, 5.74) is 2.92. The fraction of sp³-hybridized carbons (Fsp3) is 0.167. The first-order chi connectivity index (χ1) is 10.2. The van der Waals surface area contributed by atoms with E-state index in [9.17, 15) is 5.11 Å². The number of rotatable bonds is 3. The van der Waals surface area contributed by atoms with Crippen LogP contribution in [0.3, 0.4) is 0 Å². The fourth-order valence-electron chi connectivity index (χ4n) is 2.48. The number of phenols is 1. The molecule has 3 heteroatoms. The molecule has 0 aliphatic carbocycles. The van der Waals surface area contributed by atoms with Gasteiger partial charge in [-0.05, 0) is 17.5 Å². The van der Waals surface area contributed by atoms with Crippen LogP contribution in [-0.2, 0) is 0 Å². The Labute approximate surface area is 124 Å². The summed E-state index contributed by atoms with van der Waals surface area (Å²) in [4.78, 5) is 4.43. The van der Waals surface area contributed by atoms with Gasteiger partial charge < -0.3 is 5.11 Å². The lowest BCUT2D eigenvalue weighted by Gasteiger charge is -2.12. The van der Waals surface area contributed by atoms with Crippen LogP contribution in [0.15, 0.2) is 60.9 Å². The van der Waals surface area contributed by atoms with E-state index in [-0.39, 0.29) is 0 Å². The first-order valence-electron chi connectivity index (χ1n) is 7.09. The van der Waals surface area contributed by atoms with Crippen molar-refractivity contribution in [2.24, 2.45) is 0 Å². The highest BCUT2D eigenvalue weighted by molar-refractivity contribution is 5.59. The van der Waals surface area contributed by atoms with Gasteiger partial charge in [0, 0.05) is 24.0 Å². The summed E-state index contributed by atoms with van der Waals surface area (Å²) in [6, 6.07) is 15.8. The third kappa shape index (κ3) is 2.55. The monoisotopic (exact) mass is 278 g/mol. The molecule has 1 heterocycles. The molecule has 0 saturated heterocycles. The van der Waals surface area contributed by atoms with Crippen molar-refractivity contribution in [1.29, 1.82) is 0 Å². The summed E-state index contributed by atoms with van der Waals surface area (Å²) in [6.07, 6.45) is 3.68. The molecule has 0 amide bonds. The molecular weight excluding hydrogens is 260 g/mol. The summed E-state index contributed by atoms with van der Waals surface area (Å²) >= 11 is 0. The molecule has 0 radical (unpaired) electrons. The zero-order valence-corrected chi connectivity index (χ0v) is 12.2. The Balaban J connectivity index is 2.07. The second kappa shape index (κ2) is 5.44. The van der Waals surface area contributed by atoms with Crippen LogP contribution in [-0.4, -0.2) is 14.7 Å². The summed E-state index contributed by atoms with van der Waals surface area (Å²) in [6.45, 7) is 4.14. The highest BCUT2D eigenvalue weighted by Crippen LogP contribution is 2.29. The number of benzene rings is 2. The quantitative estimate of drug-likeness (QED) is 0.772. The van der Waals surface area contributed by atoms with Crippen LogP contribution < -0.4 is 0 Å². The molecule has 0 bridgehead atoms. The Morgan fingerprint density at radius 2 is 1.81 bits per heavy atom. The highest BCUT2D eigenvalue weighted by Gasteiger charge is 2.11. The Morgan fingerprint density at radius 3 is 2.48 bits per heavy atom. The number of aromatic nitrogens is 2. The van der Waals surface area contributed by atoms with E-state index in [1.54, 1.807) is 12.3 Å². The molecule has 3 rings (SSSR count). The van der Waals surface area contributed by atoms with E-state index in [0.717, 1.165) is 22.6 Å². The zero-order valence-electron chi connectivity index (χ0n) is 12.2. The van der Waals surface area contributed by atoms with Crippen LogP contribution in [0.2, 0.25) is 0 Å². The van der Waals surface area contributed by atoms with Gasteiger partial charge in [-0.1, -0.05) is 50.2 Å². The second-order valence-corrected chi connectivity index (χ2v) is 5.38. The second-order valence-electron chi connectivity index (χ2n) is 5.38. The smallest absolute Gasteiger partial charge is 0.144 e. The van der Waals surface area contributed by atoms with Gasteiger partial charge in [-0.3, -0.25) is 4.57 Å². The Morgan fingerprint density at radius 1 is 1.05 bits per heavy atom. The van der Waals surface area contributed by atoms with Crippen LogP contribution >= 0.6 is 0 Å². The van der Waals surface area contributed by atoms with Crippen molar-refractivity contribution in [3.63, 3.8) is 0 Å². The summed E-state index contributed by atoms with van der Waals surface area (Å²) in [7, 11) is 0. The van der Waals surface area contributed by atoms with E-state index in [0.29, 0.717) is 11.7 Å². The van der Waals surface area contributed by atoms with Crippen molar-refractivity contribution in [3.8, 4) is 22.8 Å². The van der Waals surface area contributed by atoms with Crippen LogP contribution in [0.25, 0.3) is 17.1 Å². The third-order valence-electron chi connectivity index (χ3n) is 3.59.